The van der Waals surface area contributed by atoms with Gasteiger partial charge in [0.05, 0.1) is 10.5 Å². The molecule has 0 saturated carbocycles. The average Bonchev–Trinajstić information content (AvgIpc) is 2.81. The van der Waals surface area contributed by atoms with Crippen LogP contribution >= 0.6 is 12.4 Å². The Kier molecular flexibility index (Phi) is 5.79. The van der Waals surface area contributed by atoms with Crippen LogP contribution in [0.25, 0.3) is 0 Å². The van der Waals surface area contributed by atoms with Gasteiger partial charge in [-0.2, -0.15) is 17.5 Å². The van der Waals surface area contributed by atoms with Crippen molar-refractivity contribution in [2.45, 2.75) is 31.3 Å². The Morgan fingerprint density at radius 2 is 1.96 bits per heavy atom. The predicted molar refractivity (Wildman–Crippen MR) is 84.0 cm³/mol. The number of sulfonamides is 1. The summed E-state index contributed by atoms with van der Waals surface area (Å²) in [7, 11) is -3.80. The molecule has 23 heavy (non-hydrogen) atoms. The lowest BCUT2D eigenvalue weighted by Gasteiger charge is -2.23. The number of aryl methyl sites for hydroxylation is 1. The highest BCUT2D eigenvalue weighted by molar-refractivity contribution is 7.89. The van der Waals surface area contributed by atoms with Crippen molar-refractivity contribution < 1.29 is 21.6 Å². The van der Waals surface area contributed by atoms with Crippen molar-refractivity contribution in [3.05, 3.63) is 29.3 Å². The lowest BCUT2D eigenvalue weighted by molar-refractivity contribution is -0.137. The second-order valence-corrected chi connectivity index (χ2v) is 7.99. The smallest absolute Gasteiger partial charge is 0.330 e. The minimum Gasteiger partial charge on any atom is -0.330 e. The van der Waals surface area contributed by atoms with Crippen molar-refractivity contribution in [3.63, 3.8) is 0 Å². The van der Waals surface area contributed by atoms with E-state index in [1.165, 1.54) is 11.2 Å². The van der Waals surface area contributed by atoms with E-state index < -0.39 is 21.8 Å². The number of halogens is 4. The summed E-state index contributed by atoms with van der Waals surface area (Å²) in [5.41, 5.74) is 4.62. The van der Waals surface area contributed by atoms with Gasteiger partial charge in [0.15, 0.2) is 0 Å². The summed E-state index contributed by atoms with van der Waals surface area (Å²) >= 11 is 0. The van der Waals surface area contributed by atoms with Gasteiger partial charge in [0, 0.05) is 13.1 Å². The number of nitrogens with zero attached hydrogens (tertiary/aromatic N) is 1. The maximum absolute atomic E-state index is 12.7. The zero-order chi connectivity index (χ0) is 16.8. The first kappa shape index (κ1) is 20.2. The standard InChI is InChI=1S/C14H19F3N2O2S.ClH/c1-10-7-11(14(15,16)17)3-4-12(10)22(20,21)19-6-5-13(2,8-18)9-19;/h3-4,7H,5-6,8-9,18H2,1-2H3;1H. The molecule has 1 saturated heterocycles. The van der Waals surface area contributed by atoms with Crippen LogP contribution in [0.1, 0.15) is 24.5 Å². The highest BCUT2D eigenvalue weighted by Gasteiger charge is 2.40. The van der Waals surface area contributed by atoms with Gasteiger partial charge in [-0.15, -0.1) is 12.4 Å². The first-order chi connectivity index (χ1) is 9.99. The fourth-order valence-electron chi connectivity index (χ4n) is 2.60. The van der Waals surface area contributed by atoms with Crippen molar-refractivity contribution in [1.29, 1.82) is 0 Å². The molecular formula is C14H20ClF3N2O2S. The molecule has 0 amide bonds. The van der Waals surface area contributed by atoms with Gasteiger partial charge in [0.2, 0.25) is 10.0 Å². The van der Waals surface area contributed by atoms with Crippen LogP contribution in [0.4, 0.5) is 13.2 Å². The fraction of sp³-hybridized carbons (Fsp3) is 0.571. The van der Waals surface area contributed by atoms with Crippen LogP contribution in [-0.4, -0.2) is 32.4 Å². The molecule has 132 valence electrons. The molecule has 1 aromatic carbocycles. The van der Waals surface area contributed by atoms with E-state index in [0.717, 1.165) is 18.2 Å². The van der Waals surface area contributed by atoms with Gasteiger partial charge in [-0.25, -0.2) is 8.42 Å². The second-order valence-electron chi connectivity index (χ2n) is 6.08. The Hall–Kier alpha value is -0.830. The van der Waals surface area contributed by atoms with Gasteiger partial charge in [-0.05, 0) is 49.1 Å². The third-order valence-electron chi connectivity index (χ3n) is 4.14. The van der Waals surface area contributed by atoms with Crippen molar-refractivity contribution >= 4 is 22.4 Å². The molecule has 1 atom stereocenters. The van der Waals surface area contributed by atoms with Crippen LogP contribution in [0.15, 0.2) is 23.1 Å². The molecule has 1 heterocycles. The van der Waals surface area contributed by atoms with E-state index in [4.69, 9.17) is 5.73 Å². The van der Waals surface area contributed by atoms with Gasteiger partial charge in [-0.3, -0.25) is 0 Å². The lowest BCUT2D eigenvalue weighted by atomic mass is 9.90. The molecule has 0 aliphatic carbocycles. The highest BCUT2D eigenvalue weighted by Crippen LogP contribution is 2.35. The van der Waals surface area contributed by atoms with E-state index in [9.17, 15) is 21.6 Å². The van der Waals surface area contributed by atoms with Gasteiger partial charge in [0.1, 0.15) is 0 Å². The van der Waals surface area contributed by atoms with Gasteiger partial charge < -0.3 is 5.73 Å². The summed E-state index contributed by atoms with van der Waals surface area (Å²) in [5, 5.41) is 0. The Morgan fingerprint density at radius 1 is 1.35 bits per heavy atom. The number of alkyl halides is 3. The summed E-state index contributed by atoms with van der Waals surface area (Å²) in [6, 6.07) is 2.70. The van der Waals surface area contributed by atoms with Gasteiger partial charge in [0.25, 0.3) is 0 Å². The molecule has 2 rings (SSSR count). The Morgan fingerprint density at radius 3 is 2.39 bits per heavy atom. The summed E-state index contributed by atoms with van der Waals surface area (Å²) in [6.45, 7) is 4.26. The Labute approximate surface area is 140 Å². The van der Waals surface area contributed by atoms with Crippen molar-refractivity contribution in [2.75, 3.05) is 19.6 Å². The summed E-state index contributed by atoms with van der Waals surface area (Å²) in [6.07, 6.45) is -3.85. The maximum Gasteiger partial charge on any atom is 0.416 e. The summed E-state index contributed by atoms with van der Waals surface area (Å²) in [5.74, 6) is 0. The summed E-state index contributed by atoms with van der Waals surface area (Å²) in [4.78, 5) is -0.0817. The maximum atomic E-state index is 12.7. The first-order valence-corrected chi connectivity index (χ1v) is 8.32. The molecule has 0 bridgehead atoms. The van der Waals surface area contributed by atoms with E-state index >= 15 is 0 Å². The molecule has 0 spiro atoms. The largest absolute Gasteiger partial charge is 0.416 e. The van der Waals surface area contributed by atoms with Crippen LogP contribution in [0.5, 0.6) is 0 Å². The normalized spacial score (nSPS) is 22.9. The number of rotatable bonds is 3. The SMILES string of the molecule is Cc1cc(C(F)(F)F)ccc1S(=O)(=O)N1CCC(C)(CN)C1.Cl. The molecule has 0 aromatic heterocycles. The monoisotopic (exact) mass is 372 g/mol. The Bertz CT molecular complexity index is 679. The van der Waals surface area contributed by atoms with Gasteiger partial charge in [-0.1, -0.05) is 6.92 Å². The molecule has 1 unspecified atom stereocenters. The minimum atomic E-state index is -4.49. The van der Waals surface area contributed by atoms with Crippen LogP contribution in [0, 0.1) is 12.3 Å². The molecular weight excluding hydrogens is 353 g/mol. The fourth-order valence-corrected chi connectivity index (χ4v) is 4.40. The van der Waals surface area contributed by atoms with Crippen LogP contribution in [0.3, 0.4) is 0 Å². The highest BCUT2D eigenvalue weighted by atomic mass is 35.5. The van der Waals surface area contributed by atoms with E-state index in [2.05, 4.69) is 0 Å². The van der Waals surface area contributed by atoms with Gasteiger partial charge >= 0.3 is 6.18 Å². The number of benzene rings is 1. The molecule has 9 heteroatoms. The summed E-state index contributed by atoms with van der Waals surface area (Å²) < 4.78 is 64.6. The number of hydrogen-bond acceptors (Lipinski definition) is 3. The van der Waals surface area contributed by atoms with E-state index in [1.54, 1.807) is 0 Å². The topological polar surface area (TPSA) is 63.4 Å². The third-order valence-corrected chi connectivity index (χ3v) is 6.14. The second kappa shape index (κ2) is 6.58. The lowest BCUT2D eigenvalue weighted by Crippen LogP contribution is -2.34. The molecule has 1 fully saturated rings. The van der Waals surface area contributed by atoms with Crippen LogP contribution in [0.2, 0.25) is 0 Å². The third kappa shape index (κ3) is 3.99. The van der Waals surface area contributed by atoms with E-state index in [-0.39, 0.29) is 34.8 Å². The van der Waals surface area contributed by atoms with Crippen LogP contribution in [-0.2, 0) is 16.2 Å². The van der Waals surface area contributed by atoms with Crippen molar-refractivity contribution in [1.82, 2.24) is 4.31 Å². The zero-order valence-electron chi connectivity index (χ0n) is 12.9. The van der Waals surface area contributed by atoms with Crippen LogP contribution < -0.4 is 5.73 Å². The zero-order valence-corrected chi connectivity index (χ0v) is 14.5. The molecule has 2 N–H and O–H groups in total. The quantitative estimate of drug-likeness (QED) is 0.887. The van der Waals surface area contributed by atoms with Crippen molar-refractivity contribution in [3.8, 4) is 0 Å². The molecule has 1 aliphatic heterocycles. The molecule has 1 aliphatic rings. The first-order valence-electron chi connectivity index (χ1n) is 6.88. The predicted octanol–water partition coefficient (Wildman–Crippen LogP) is 2.80. The van der Waals surface area contributed by atoms with E-state index in [0.29, 0.717) is 19.5 Å². The van der Waals surface area contributed by atoms with Crippen molar-refractivity contribution in [2.24, 2.45) is 11.1 Å². The minimum absolute atomic E-state index is 0. The Balaban J connectivity index is 0.00000264. The molecule has 1 aromatic rings. The number of hydrogen-bond donors (Lipinski definition) is 1. The van der Waals surface area contributed by atoms with E-state index in [1.807, 2.05) is 6.92 Å². The molecule has 4 nitrogen and oxygen atoms in total. The molecule has 0 radical (unpaired) electrons. The average molecular weight is 373 g/mol. The number of nitrogens with two attached hydrogens (primary N) is 1.